The number of aryl methyl sites for hydroxylation is 1. The van der Waals surface area contributed by atoms with Crippen LogP contribution in [0.15, 0.2) is 29.1 Å². The second-order valence-electron chi connectivity index (χ2n) is 3.48. The van der Waals surface area contributed by atoms with Crippen LogP contribution in [0.1, 0.15) is 12.5 Å². The molecule has 0 fully saturated rings. The van der Waals surface area contributed by atoms with Crippen molar-refractivity contribution in [3.63, 3.8) is 0 Å². The number of aromatic amines is 1. The van der Waals surface area contributed by atoms with Crippen LogP contribution < -0.4 is 17.0 Å². The van der Waals surface area contributed by atoms with Crippen LogP contribution in [0.4, 0.5) is 5.95 Å². The minimum Gasteiger partial charge on any atom is -0.292 e. The first-order valence-electron chi connectivity index (χ1n) is 5.28. The predicted octanol–water partition coefficient (Wildman–Crippen LogP) is 0.680. The Bertz CT molecular complexity index is 578. The third kappa shape index (κ3) is 2.31. The lowest BCUT2D eigenvalue weighted by Crippen LogP contribution is -2.20. The first-order chi connectivity index (χ1) is 8.24. The molecule has 0 aliphatic rings. The summed E-state index contributed by atoms with van der Waals surface area (Å²) in [6, 6.07) is 7.73. The van der Waals surface area contributed by atoms with Gasteiger partial charge in [-0.1, -0.05) is 31.2 Å². The van der Waals surface area contributed by atoms with Crippen molar-refractivity contribution >= 4 is 5.95 Å². The van der Waals surface area contributed by atoms with Gasteiger partial charge in [0.05, 0.1) is 0 Å². The Kier molecular flexibility index (Phi) is 3.15. The molecule has 1 aromatic carbocycles. The molecule has 0 amide bonds. The van der Waals surface area contributed by atoms with E-state index in [4.69, 9.17) is 5.84 Å². The number of hydrazine groups is 1. The fourth-order valence-corrected chi connectivity index (χ4v) is 1.64. The van der Waals surface area contributed by atoms with E-state index < -0.39 is 5.69 Å². The van der Waals surface area contributed by atoms with Gasteiger partial charge in [-0.15, -0.1) is 0 Å². The Morgan fingerprint density at radius 1 is 1.35 bits per heavy atom. The van der Waals surface area contributed by atoms with Crippen LogP contribution >= 0.6 is 0 Å². The Morgan fingerprint density at radius 3 is 2.82 bits per heavy atom. The zero-order chi connectivity index (χ0) is 12.3. The highest BCUT2D eigenvalue weighted by Gasteiger charge is 2.07. The molecule has 2 rings (SSSR count). The molecule has 88 valence electrons. The number of nitrogens with one attached hydrogen (secondary N) is 2. The molecule has 0 spiro atoms. The highest BCUT2D eigenvalue weighted by Crippen LogP contribution is 2.19. The zero-order valence-electron chi connectivity index (χ0n) is 9.40. The molecule has 0 radical (unpaired) electrons. The molecule has 0 unspecified atom stereocenters. The molecule has 0 saturated heterocycles. The van der Waals surface area contributed by atoms with Gasteiger partial charge in [0.15, 0.2) is 0 Å². The van der Waals surface area contributed by atoms with Crippen LogP contribution in [0.5, 0.6) is 0 Å². The fraction of sp³-hybridized carbons (Fsp3) is 0.182. The average molecular weight is 231 g/mol. The number of nitrogens with zero attached hydrogens (tertiary/aromatic N) is 2. The van der Waals surface area contributed by atoms with Crippen molar-refractivity contribution in [2.45, 2.75) is 13.3 Å². The van der Waals surface area contributed by atoms with Crippen LogP contribution in [-0.2, 0) is 6.42 Å². The van der Waals surface area contributed by atoms with Gasteiger partial charge >= 0.3 is 5.69 Å². The van der Waals surface area contributed by atoms with Gasteiger partial charge in [0, 0.05) is 5.56 Å². The maximum absolute atomic E-state index is 11.3. The summed E-state index contributed by atoms with van der Waals surface area (Å²) in [6.45, 7) is 2.04. The molecule has 2 aromatic rings. The highest BCUT2D eigenvalue weighted by molar-refractivity contribution is 5.60. The number of anilines is 1. The molecule has 1 heterocycles. The van der Waals surface area contributed by atoms with Gasteiger partial charge in [-0.25, -0.2) is 10.6 Å². The maximum atomic E-state index is 11.3. The van der Waals surface area contributed by atoms with Crippen molar-refractivity contribution in [3.05, 3.63) is 40.3 Å². The van der Waals surface area contributed by atoms with Crippen LogP contribution in [0, 0.1) is 0 Å². The summed E-state index contributed by atoms with van der Waals surface area (Å²) in [5, 5.41) is 0. The van der Waals surface area contributed by atoms with Gasteiger partial charge in [0.1, 0.15) is 5.82 Å². The van der Waals surface area contributed by atoms with Crippen LogP contribution in [0.3, 0.4) is 0 Å². The molecule has 0 atom stereocenters. The molecule has 6 nitrogen and oxygen atoms in total. The Morgan fingerprint density at radius 2 is 2.12 bits per heavy atom. The summed E-state index contributed by atoms with van der Waals surface area (Å²) < 4.78 is 0. The number of nitrogens with two attached hydrogens (primary N) is 1. The van der Waals surface area contributed by atoms with E-state index in [1.807, 2.05) is 31.2 Å². The molecule has 0 aliphatic heterocycles. The third-order valence-electron chi connectivity index (χ3n) is 2.43. The molecular formula is C11H13N5O. The van der Waals surface area contributed by atoms with Crippen molar-refractivity contribution in [2.75, 3.05) is 5.43 Å². The third-order valence-corrected chi connectivity index (χ3v) is 2.43. The molecule has 17 heavy (non-hydrogen) atoms. The SMILES string of the molecule is CCc1ccccc1-c1nc(NN)nc(=O)[nH]1. The maximum Gasteiger partial charge on any atom is 0.349 e. The van der Waals surface area contributed by atoms with Gasteiger partial charge in [-0.2, -0.15) is 9.97 Å². The van der Waals surface area contributed by atoms with Crippen molar-refractivity contribution < 1.29 is 0 Å². The first-order valence-corrected chi connectivity index (χ1v) is 5.28. The summed E-state index contributed by atoms with van der Waals surface area (Å²) in [5.74, 6) is 5.78. The number of hydrogen-bond donors (Lipinski definition) is 3. The van der Waals surface area contributed by atoms with E-state index in [1.54, 1.807) is 0 Å². The van der Waals surface area contributed by atoms with E-state index in [2.05, 4.69) is 20.4 Å². The number of aromatic nitrogens is 3. The predicted molar refractivity (Wildman–Crippen MR) is 65.3 cm³/mol. The lowest BCUT2D eigenvalue weighted by atomic mass is 10.1. The van der Waals surface area contributed by atoms with E-state index in [1.165, 1.54) is 0 Å². The number of benzene rings is 1. The van der Waals surface area contributed by atoms with Crippen molar-refractivity contribution in [1.82, 2.24) is 15.0 Å². The van der Waals surface area contributed by atoms with Gasteiger partial charge in [0.2, 0.25) is 5.95 Å². The van der Waals surface area contributed by atoms with Gasteiger partial charge in [-0.05, 0) is 12.0 Å². The number of nitrogen functional groups attached to an aromatic ring is 1. The Hall–Kier alpha value is -2.21. The second-order valence-corrected chi connectivity index (χ2v) is 3.48. The van der Waals surface area contributed by atoms with Crippen molar-refractivity contribution in [3.8, 4) is 11.4 Å². The molecule has 0 aliphatic carbocycles. The van der Waals surface area contributed by atoms with E-state index in [-0.39, 0.29) is 5.95 Å². The van der Waals surface area contributed by atoms with E-state index >= 15 is 0 Å². The molecule has 1 aromatic heterocycles. The Labute approximate surface area is 97.9 Å². The van der Waals surface area contributed by atoms with Gasteiger partial charge in [0.25, 0.3) is 0 Å². The Balaban J connectivity index is 2.59. The first kappa shape index (κ1) is 11.3. The van der Waals surface area contributed by atoms with E-state index in [9.17, 15) is 4.79 Å². The lowest BCUT2D eigenvalue weighted by molar-refractivity contribution is 0.979. The summed E-state index contributed by atoms with van der Waals surface area (Å²) in [4.78, 5) is 21.6. The van der Waals surface area contributed by atoms with Crippen molar-refractivity contribution in [1.29, 1.82) is 0 Å². The quantitative estimate of drug-likeness (QED) is 0.533. The summed E-state index contributed by atoms with van der Waals surface area (Å²) in [7, 11) is 0. The van der Waals surface area contributed by atoms with Crippen LogP contribution in [0.25, 0.3) is 11.4 Å². The molecular weight excluding hydrogens is 218 g/mol. The standard InChI is InChI=1S/C11H13N5O/c1-2-7-5-3-4-6-8(7)9-13-10(16-12)15-11(17)14-9/h3-6H,2,12H2,1H3,(H2,13,14,15,16,17). The minimum atomic E-state index is -0.478. The summed E-state index contributed by atoms with van der Waals surface area (Å²) in [5.41, 5.74) is 3.78. The highest BCUT2D eigenvalue weighted by atomic mass is 16.1. The largest absolute Gasteiger partial charge is 0.349 e. The topological polar surface area (TPSA) is 96.7 Å². The molecule has 0 bridgehead atoms. The molecule has 6 heteroatoms. The second kappa shape index (κ2) is 4.75. The normalized spacial score (nSPS) is 10.2. The number of hydrogen-bond acceptors (Lipinski definition) is 5. The van der Waals surface area contributed by atoms with Gasteiger partial charge in [-0.3, -0.25) is 10.4 Å². The van der Waals surface area contributed by atoms with E-state index in [0.29, 0.717) is 5.82 Å². The molecule has 0 saturated carbocycles. The lowest BCUT2D eigenvalue weighted by Gasteiger charge is -2.07. The minimum absolute atomic E-state index is 0.106. The van der Waals surface area contributed by atoms with E-state index in [0.717, 1.165) is 17.5 Å². The molecule has 4 N–H and O–H groups in total. The van der Waals surface area contributed by atoms with Crippen LogP contribution in [-0.4, -0.2) is 15.0 Å². The van der Waals surface area contributed by atoms with Crippen molar-refractivity contribution in [2.24, 2.45) is 5.84 Å². The zero-order valence-corrected chi connectivity index (χ0v) is 9.40. The summed E-state index contributed by atoms with van der Waals surface area (Å²) >= 11 is 0. The van der Waals surface area contributed by atoms with Crippen LogP contribution in [0.2, 0.25) is 0 Å². The van der Waals surface area contributed by atoms with Gasteiger partial charge < -0.3 is 0 Å². The fourth-order valence-electron chi connectivity index (χ4n) is 1.64. The monoisotopic (exact) mass is 231 g/mol. The number of rotatable bonds is 3. The number of H-pyrrole nitrogens is 1. The summed E-state index contributed by atoms with van der Waals surface area (Å²) in [6.07, 6.45) is 0.855. The smallest absolute Gasteiger partial charge is 0.292 e. The average Bonchev–Trinajstić information content (AvgIpc) is 2.37.